The van der Waals surface area contributed by atoms with Crippen LogP contribution in [0.3, 0.4) is 0 Å². The average molecular weight is 363 g/mol. The number of nitrogens with zero attached hydrogens (tertiary/aromatic N) is 1. The van der Waals surface area contributed by atoms with Crippen molar-refractivity contribution in [2.24, 2.45) is 11.7 Å². The molecule has 136 valence electrons. The van der Waals surface area contributed by atoms with E-state index in [2.05, 4.69) is 13.8 Å². The fraction of sp³-hybridized carbons (Fsp3) is 0.350. The van der Waals surface area contributed by atoms with Crippen LogP contribution in [0.4, 0.5) is 0 Å². The van der Waals surface area contributed by atoms with Gasteiger partial charge in [-0.2, -0.15) is 0 Å². The van der Waals surface area contributed by atoms with Gasteiger partial charge in [-0.15, -0.1) is 12.4 Å². The fourth-order valence-electron chi connectivity index (χ4n) is 2.33. The second-order valence-electron chi connectivity index (χ2n) is 6.33. The van der Waals surface area contributed by atoms with Crippen LogP contribution in [-0.4, -0.2) is 30.4 Å². The normalized spacial score (nSPS) is 11.6. The van der Waals surface area contributed by atoms with Crippen molar-refractivity contribution in [2.75, 3.05) is 13.6 Å². The SMILES string of the molecule is CC(C)C(N)CCN(C)C(=O)c1ccccc1Oc1ccccc1.Cl. The van der Waals surface area contributed by atoms with Crippen LogP contribution >= 0.6 is 12.4 Å². The zero-order valence-electron chi connectivity index (χ0n) is 15.0. The summed E-state index contributed by atoms with van der Waals surface area (Å²) in [7, 11) is 1.80. The number of rotatable bonds is 7. The van der Waals surface area contributed by atoms with Crippen molar-refractivity contribution in [2.45, 2.75) is 26.3 Å². The molecule has 0 aliphatic rings. The maximum absolute atomic E-state index is 12.7. The first-order chi connectivity index (χ1) is 11.5. The number of nitrogens with two attached hydrogens (primary N) is 1. The number of halogens is 1. The summed E-state index contributed by atoms with van der Waals surface area (Å²) in [5.74, 6) is 1.62. The molecular weight excluding hydrogens is 336 g/mol. The van der Waals surface area contributed by atoms with Crippen molar-refractivity contribution in [3.63, 3.8) is 0 Å². The Morgan fingerprint density at radius 3 is 2.32 bits per heavy atom. The summed E-state index contributed by atoms with van der Waals surface area (Å²) in [6.45, 7) is 4.81. The van der Waals surface area contributed by atoms with Crippen molar-refractivity contribution in [3.8, 4) is 11.5 Å². The number of ether oxygens (including phenoxy) is 1. The first kappa shape index (κ1) is 21.0. The molecule has 0 bridgehead atoms. The third-order valence-corrected chi connectivity index (χ3v) is 4.09. The lowest BCUT2D eigenvalue weighted by Crippen LogP contribution is -2.34. The van der Waals surface area contributed by atoms with Crippen LogP contribution in [0.5, 0.6) is 11.5 Å². The van der Waals surface area contributed by atoms with Crippen LogP contribution in [0.15, 0.2) is 54.6 Å². The molecule has 0 saturated carbocycles. The van der Waals surface area contributed by atoms with Crippen LogP contribution in [0.25, 0.3) is 0 Å². The molecule has 2 aromatic rings. The molecular formula is C20H27ClN2O2. The van der Waals surface area contributed by atoms with E-state index in [0.29, 0.717) is 29.5 Å². The van der Waals surface area contributed by atoms with Crippen LogP contribution in [-0.2, 0) is 0 Å². The molecule has 0 aromatic heterocycles. The fourth-order valence-corrected chi connectivity index (χ4v) is 2.33. The number of amides is 1. The molecule has 0 fully saturated rings. The standard InChI is InChI=1S/C20H26N2O2.ClH/c1-15(2)18(21)13-14-22(3)20(23)17-11-7-8-12-19(17)24-16-9-5-4-6-10-16;/h4-12,15,18H,13-14,21H2,1-3H3;1H. The number of carbonyl (C=O) groups excluding carboxylic acids is 1. The average Bonchev–Trinajstić information content (AvgIpc) is 2.60. The summed E-state index contributed by atoms with van der Waals surface area (Å²) in [6.07, 6.45) is 0.779. The topological polar surface area (TPSA) is 55.6 Å². The van der Waals surface area contributed by atoms with E-state index in [4.69, 9.17) is 10.5 Å². The molecule has 1 unspecified atom stereocenters. The number of benzene rings is 2. The van der Waals surface area contributed by atoms with E-state index in [0.717, 1.165) is 6.42 Å². The highest BCUT2D eigenvalue weighted by atomic mass is 35.5. The van der Waals surface area contributed by atoms with Gasteiger partial charge in [0.25, 0.3) is 5.91 Å². The van der Waals surface area contributed by atoms with E-state index in [1.807, 2.05) is 48.5 Å². The van der Waals surface area contributed by atoms with Crippen molar-refractivity contribution < 1.29 is 9.53 Å². The summed E-state index contributed by atoms with van der Waals surface area (Å²) >= 11 is 0. The molecule has 0 spiro atoms. The lowest BCUT2D eigenvalue weighted by Gasteiger charge is -2.22. The zero-order chi connectivity index (χ0) is 17.5. The molecule has 25 heavy (non-hydrogen) atoms. The Kier molecular flexibility index (Phi) is 8.46. The Bertz CT molecular complexity index is 662. The minimum atomic E-state index is -0.0579. The molecule has 1 atom stereocenters. The molecule has 0 radical (unpaired) electrons. The van der Waals surface area contributed by atoms with Crippen LogP contribution in [0.1, 0.15) is 30.6 Å². The Labute approximate surface area is 156 Å². The first-order valence-corrected chi connectivity index (χ1v) is 8.32. The van der Waals surface area contributed by atoms with Gasteiger partial charge in [0.2, 0.25) is 0 Å². The van der Waals surface area contributed by atoms with E-state index in [9.17, 15) is 4.79 Å². The van der Waals surface area contributed by atoms with Gasteiger partial charge in [0.05, 0.1) is 5.56 Å². The number of hydrogen-bond acceptors (Lipinski definition) is 3. The van der Waals surface area contributed by atoms with E-state index in [1.54, 1.807) is 18.0 Å². The van der Waals surface area contributed by atoms with E-state index in [-0.39, 0.29) is 24.4 Å². The van der Waals surface area contributed by atoms with Gasteiger partial charge < -0.3 is 15.4 Å². The van der Waals surface area contributed by atoms with Crippen LogP contribution in [0.2, 0.25) is 0 Å². The van der Waals surface area contributed by atoms with Crippen molar-refractivity contribution in [1.82, 2.24) is 4.90 Å². The highest BCUT2D eigenvalue weighted by molar-refractivity contribution is 5.96. The van der Waals surface area contributed by atoms with E-state index < -0.39 is 0 Å². The molecule has 5 heteroatoms. The summed E-state index contributed by atoms with van der Waals surface area (Å²) in [5, 5.41) is 0. The third-order valence-electron chi connectivity index (χ3n) is 4.09. The molecule has 0 saturated heterocycles. The predicted molar refractivity (Wildman–Crippen MR) is 105 cm³/mol. The second kappa shape index (κ2) is 10.1. The summed E-state index contributed by atoms with van der Waals surface area (Å²) in [4.78, 5) is 14.4. The molecule has 2 N–H and O–H groups in total. The van der Waals surface area contributed by atoms with E-state index >= 15 is 0 Å². The Hall–Kier alpha value is -2.04. The number of carbonyl (C=O) groups is 1. The summed E-state index contributed by atoms with van der Waals surface area (Å²) in [6, 6.07) is 16.9. The van der Waals surface area contributed by atoms with Crippen LogP contribution < -0.4 is 10.5 Å². The highest BCUT2D eigenvalue weighted by Gasteiger charge is 2.18. The van der Waals surface area contributed by atoms with Crippen molar-refractivity contribution >= 4 is 18.3 Å². The van der Waals surface area contributed by atoms with Crippen LogP contribution in [0, 0.1) is 5.92 Å². The van der Waals surface area contributed by atoms with Crippen molar-refractivity contribution in [3.05, 3.63) is 60.2 Å². The quantitative estimate of drug-likeness (QED) is 0.796. The number of para-hydroxylation sites is 2. The molecule has 4 nitrogen and oxygen atoms in total. The molecule has 0 aliphatic carbocycles. The van der Waals surface area contributed by atoms with Gasteiger partial charge in [0, 0.05) is 19.6 Å². The molecule has 1 amide bonds. The lowest BCUT2D eigenvalue weighted by atomic mass is 10.0. The molecule has 0 heterocycles. The van der Waals surface area contributed by atoms with Gasteiger partial charge >= 0.3 is 0 Å². The Morgan fingerprint density at radius 2 is 1.68 bits per heavy atom. The van der Waals surface area contributed by atoms with Gasteiger partial charge in [-0.1, -0.05) is 44.2 Å². The van der Waals surface area contributed by atoms with Gasteiger partial charge in [0.1, 0.15) is 11.5 Å². The van der Waals surface area contributed by atoms with Crippen molar-refractivity contribution in [1.29, 1.82) is 0 Å². The largest absolute Gasteiger partial charge is 0.457 e. The van der Waals surface area contributed by atoms with Gasteiger partial charge in [-0.3, -0.25) is 4.79 Å². The maximum atomic E-state index is 12.7. The first-order valence-electron chi connectivity index (χ1n) is 8.32. The zero-order valence-corrected chi connectivity index (χ0v) is 15.8. The minimum Gasteiger partial charge on any atom is -0.457 e. The molecule has 0 aliphatic heterocycles. The monoisotopic (exact) mass is 362 g/mol. The summed E-state index contributed by atoms with van der Waals surface area (Å²) in [5.41, 5.74) is 6.63. The van der Waals surface area contributed by atoms with E-state index in [1.165, 1.54) is 0 Å². The molecule has 2 aromatic carbocycles. The lowest BCUT2D eigenvalue weighted by molar-refractivity contribution is 0.0786. The Balaban J connectivity index is 0.00000312. The maximum Gasteiger partial charge on any atom is 0.257 e. The smallest absolute Gasteiger partial charge is 0.257 e. The van der Waals surface area contributed by atoms with Gasteiger partial charge in [0.15, 0.2) is 0 Å². The predicted octanol–water partition coefficient (Wildman–Crippen LogP) is 4.35. The Morgan fingerprint density at radius 1 is 1.08 bits per heavy atom. The van der Waals surface area contributed by atoms with Gasteiger partial charge in [-0.05, 0) is 36.6 Å². The second-order valence-corrected chi connectivity index (χ2v) is 6.33. The third kappa shape index (κ3) is 6.07. The summed E-state index contributed by atoms with van der Waals surface area (Å²) < 4.78 is 5.87. The molecule has 2 rings (SSSR count). The number of hydrogen-bond donors (Lipinski definition) is 1. The minimum absolute atomic E-state index is 0. The van der Waals surface area contributed by atoms with Gasteiger partial charge in [-0.25, -0.2) is 0 Å². The highest BCUT2D eigenvalue weighted by Crippen LogP contribution is 2.26.